The summed E-state index contributed by atoms with van der Waals surface area (Å²) in [5.41, 5.74) is 5.21. The Kier molecular flexibility index (Phi) is 8.44. The van der Waals surface area contributed by atoms with E-state index in [1.165, 1.54) is 6.92 Å². The summed E-state index contributed by atoms with van der Waals surface area (Å²) in [6.45, 7) is 2.63. The van der Waals surface area contributed by atoms with Gasteiger partial charge in [-0.1, -0.05) is 13.8 Å². The van der Waals surface area contributed by atoms with Gasteiger partial charge < -0.3 is 25.3 Å². The first-order valence-electron chi connectivity index (χ1n) is 7.55. The third kappa shape index (κ3) is 8.71. The highest BCUT2D eigenvalue weighted by atomic mass is 31.3. The Bertz CT molecular complexity index is 810. The second-order valence-corrected chi connectivity index (χ2v) is 10.5. The molecule has 5 atom stereocenters. The lowest BCUT2D eigenvalue weighted by Crippen LogP contribution is -2.29. The molecule has 1 aliphatic heterocycles. The minimum absolute atomic E-state index is 0.186. The fourth-order valence-electron chi connectivity index (χ4n) is 2.34. The van der Waals surface area contributed by atoms with Gasteiger partial charge >= 0.3 is 23.5 Å². The van der Waals surface area contributed by atoms with Gasteiger partial charge in [-0.3, -0.25) is 9.32 Å². The van der Waals surface area contributed by atoms with Gasteiger partial charge in [-0.25, -0.2) is 18.1 Å². The maximum Gasteiger partial charge on any atom is 0.490 e. The van der Waals surface area contributed by atoms with E-state index < -0.39 is 65.4 Å². The number of aliphatic imine (C=N–C) groups is 1. The lowest BCUT2D eigenvalue weighted by atomic mass is 9.85. The molecule has 0 saturated carbocycles. The Hall–Kier alpha value is -0.780. The monoisotopic (exact) mass is 468 g/mol. The van der Waals surface area contributed by atoms with Crippen LogP contribution >= 0.6 is 23.5 Å². The topological polar surface area (TPSA) is 215 Å². The molecule has 0 aliphatic carbocycles. The molecule has 13 nitrogen and oxygen atoms in total. The van der Waals surface area contributed by atoms with Gasteiger partial charge in [0.1, 0.15) is 0 Å². The second kappa shape index (κ2) is 9.36. The van der Waals surface area contributed by atoms with E-state index in [0.29, 0.717) is 0 Å². The van der Waals surface area contributed by atoms with Crippen molar-refractivity contribution in [3.05, 3.63) is 11.9 Å². The van der Waals surface area contributed by atoms with Crippen LogP contribution < -0.4 is 5.73 Å². The van der Waals surface area contributed by atoms with Gasteiger partial charge in [0.05, 0.1) is 12.5 Å². The highest BCUT2D eigenvalue weighted by molar-refractivity contribution is 7.66. The van der Waals surface area contributed by atoms with Crippen LogP contribution in [0.5, 0.6) is 0 Å². The number of phosphoric acid groups is 3. The van der Waals surface area contributed by atoms with Crippen molar-refractivity contribution in [1.29, 1.82) is 0 Å². The quantitative estimate of drug-likeness (QED) is 0.287. The molecule has 0 aromatic carbocycles. The summed E-state index contributed by atoms with van der Waals surface area (Å²) in [6, 6.07) is 0. The number of phosphoric ester groups is 1. The van der Waals surface area contributed by atoms with E-state index in [-0.39, 0.29) is 6.42 Å². The molecule has 0 saturated heterocycles. The molecule has 5 unspecified atom stereocenters. The zero-order valence-electron chi connectivity index (χ0n) is 14.6. The van der Waals surface area contributed by atoms with Gasteiger partial charge in [0.2, 0.25) is 0 Å². The summed E-state index contributed by atoms with van der Waals surface area (Å²) in [6.07, 6.45) is 1.20. The fraction of sp³-hybridized carbons (Fsp3) is 0.636. The first-order valence-corrected chi connectivity index (χ1v) is 12.1. The Labute approximate surface area is 158 Å². The number of carbonyl (C=O) groups is 1. The van der Waals surface area contributed by atoms with Crippen LogP contribution in [-0.4, -0.2) is 37.9 Å². The standard InChI is InChI=1S/C11H20FN2O11P3/c1-6(3-7(2)8-4-9(12)10(13)14-11(8)15)5-23-27(19,20)25-28(21,22)24-26(16,17)18/h4,6-8H,3,5H2,1-2H3,(H,19,20)(H,21,22)(H2,13,14,15)(H2,16,17,18). The summed E-state index contributed by atoms with van der Waals surface area (Å²) < 4.78 is 58.6. The molecule has 1 heterocycles. The number of nitrogens with zero attached hydrogens (tertiary/aromatic N) is 1. The van der Waals surface area contributed by atoms with Crippen LogP contribution in [0.2, 0.25) is 0 Å². The molecule has 28 heavy (non-hydrogen) atoms. The number of hydrogen-bond acceptors (Lipinski definition) is 8. The number of dihydropyridines is 1. The van der Waals surface area contributed by atoms with E-state index in [0.717, 1.165) is 6.08 Å². The van der Waals surface area contributed by atoms with Gasteiger partial charge in [-0.15, -0.1) is 0 Å². The molecular weight excluding hydrogens is 448 g/mol. The molecule has 162 valence electrons. The molecule has 17 heteroatoms. The smallest absolute Gasteiger partial charge is 0.381 e. The van der Waals surface area contributed by atoms with E-state index in [4.69, 9.17) is 20.4 Å². The van der Waals surface area contributed by atoms with Gasteiger partial charge in [0, 0.05) is 0 Å². The predicted molar refractivity (Wildman–Crippen MR) is 92.1 cm³/mol. The number of amidine groups is 1. The molecule has 0 fully saturated rings. The zero-order chi connectivity index (χ0) is 21.9. The first-order chi connectivity index (χ1) is 12.5. The molecule has 0 aromatic rings. The lowest BCUT2D eigenvalue weighted by Gasteiger charge is -2.24. The molecule has 0 radical (unpaired) electrons. The first kappa shape index (κ1) is 25.3. The predicted octanol–water partition coefficient (Wildman–Crippen LogP) is 1.36. The van der Waals surface area contributed by atoms with Gasteiger partial charge in [0.15, 0.2) is 11.7 Å². The van der Waals surface area contributed by atoms with Crippen molar-refractivity contribution in [2.75, 3.05) is 6.61 Å². The van der Waals surface area contributed by atoms with Gasteiger partial charge in [-0.05, 0) is 24.3 Å². The van der Waals surface area contributed by atoms with E-state index in [1.54, 1.807) is 6.92 Å². The Balaban J connectivity index is 2.60. The lowest BCUT2D eigenvalue weighted by molar-refractivity contribution is -0.121. The molecule has 1 rings (SSSR count). The van der Waals surface area contributed by atoms with E-state index >= 15 is 0 Å². The number of rotatable bonds is 10. The summed E-state index contributed by atoms with van der Waals surface area (Å²) in [4.78, 5) is 50.5. The van der Waals surface area contributed by atoms with Crippen LogP contribution in [0.3, 0.4) is 0 Å². The molecule has 0 bridgehead atoms. The SMILES string of the molecule is CC(COP(=O)(O)OP(=O)(O)OP(=O)(O)O)CC(C)C1C=C(F)C(N)=NC1=O. The number of amides is 1. The van der Waals surface area contributed by atoms with Crippen LogP contribution in [0, 0.1) is 17.8 Å². The maximum absolute atomic E-state index is 13.5. The number of nitrogens with two attached hydrogens (primary N) is 1. The van der Waals surface area contributed by atoms with Crippen molar-refractivity contribution in [3.8, 4) is 0 Å². The summed E-state index contributed by atoms with van der Waals surface area (Å²) >= 11 is 0. The molecule has 1 aliphatic rings. The normalized spacial score (nSPS) is 24.5. The van der Waals surface area contributed by atoms with Crippen molar-refractivity contribution in [3.63, 3.8) is 0 Å². The van der Waals surface area contributed by atoms with Gasteiger partial charge in [0.25, 0.3) is 5.91 Å². The highest BCUT2D eigenvalue weighted by Gasteiger charge is 2.41. The number of carbonyl (C=O) groups excluding carboxylic acids is 1. The molecule has 1 amide bonds. The van der Waals surface area contributed by atoms with Crippen molar-refractivity contribution in [2.24, 2.45) is 28.5 Å². The van der Waals surface area contributed by atoms with Crippen molar-refractivity contribution >= 4 is 35.2 Å². The zero-order valence-corrected chi connectivity index (χ0v) is 17.3. The molecule has 0 aromatic heterocycles. The van der Waals surface area contributed by atoms with Crippen LogP contribution in [0.15, 0.2) is 16.9 Å². The van der Waals surface area contributed by atoms with Crippen LogP contribution in [0.4, 0.5) is 4.39 Å². The Morgan fingerprint density at radius 3 is 2.29 bits per heavy atom. The summed E-state index contributed by atoms with van der Waals surface area (Å²) in [7, 11) is -16.3. The maximum atomic E-state index is 13.5. The van der Waals surface area contributed by atoms with Crippen molar-refractivity contribution < 1.29 is 55.6 Å². The summed E-state index contributed by atoms with van der Waals surface area (Å²) in [5, 5.41) is 0. The molecular formula is C11H20FN2O11P3. The number of halogens is 1. The van der Waals surface area contributed by atoms with E-state index in [2.05, 4.69) is 18.1 Å². The van der Waals surface area contributed by atoms with Crippen LogP contribution in [0.25, 0.3) is 0 Å². The minimum atomic E-state index is -5.59. The minimum Gasteiger partial charge on any atom is -0.381 e. The van der Waals surface area contributed by atoms with E-state index in [9.17, 15) is 27.8 Å². The Morgan fingerprint density at radius 2 is 1.75 bits per heavy atom. The van der Waals surface area contributed by atoms with E-state index in [1.807, 2.05) is 0 Å². The van der Waals surface area contributed by atoms with Crippen LogP contribution in [0.1, 0.15) is 20.3 Å². The van der Waals surface area contributed by atoms with Crippen molar-refractivity contribution in [2.45, 2.75) is 20.3 Å². The second-order valence-electron chi connectivity index (χ2n) is 6.08. The average Bonchev–Trinajstić information content (AvgIpc) is 2.45. The van der Waals surface area contributed by atoms with Gasteiger partial charge in [-0.2, -0.15) is 13.6 Å². The third-order valence-electron chi connectivity index (χ3n) is 3.41. The third-order valence-corrected chi connectivity index (χ3v) is 7.21. The van der Waals surface area contributed by atoms with Crippen molar-refractivity contribution in [1.82, 2.24) is 0 Å². The summed E-state index contributed by atoms with van der Waals surface area (Å²) in [5.74, 6) is -3.89. The largest absolute Gasteiger partial charge is 0.490 e. The highest BCUT2D eigenvalue weighted by Crippen LogP contribution is 2.66. The molecule has 6 N–H and O–H groups in total. The fourth-order valence-corrected chi connectivity index (χ4v) is 5.48. The Morgan fingerprint density at radius 1 is 1.18 bits per heavy atom. The average molecular weight is 468 g/mol. The van der Waals surface area contributed by atoms with Crippen LogP contribution in [-0.2, 0) is 31.6 Å². The molecule has 0 spiro atoms. The number of hydrogen-bond donors (Lipinski definition) is 5.